The van der Waals surface area contributed by atoms with Gasteiger partial charge in [0.25, 0.3) is 0 Å². The molecule has 2 atom stereocenters. The van der Waals surface area contributed by atoms with Crippen LogP contribution in [0.2, 0.25) is 0 Å². The highest BCUT2D eigenvalue weighted by Crippen LogP contribution is 2.23. The zero-order valence-corrected chi connectivity index (χ0v) is 11.9. The third-order valence-corrected chi connectivity index (χ3v) is 4.50. The summed E-state index contributed by atoms with van der Waals surface area (Å²) in [5, 5.41) is 6.07. The van der Waals surface area contributed by atoms with Crippen molar-refractivity contribution in [2.45, 2.75) is 38.6 Å². The smallest absolute Gasteiger partial charge is 0.227 e. The molecule has 5 nitrogen and oxygen atoms in total. The van der Waals surface area contributed by atoms with Crippen LogP contribution in [0.3, 0.4) is 0 Å². The van der Waals surface area contributed by atoms with Gasteiger partial charge in [-0.2, -0.15) is 0 Å². The van der Waals surface area contributed by atoms with E-state index in [-0.39, 0.29) is 29.7 Å². The molecule has 2 aliphatic heterocycles. The molecule has 0 radical (unpaired) electrons. The molecule has 2 saturated heterocycles. The van der Waals surface area contributed by atoms with Crippen molar-refractivity contribution in [2.75, 3.05) is 26.7 Å². The van der Waals surface area contributed by atoms with Crippen LogP contribution in [0.4, 0.5) is 0 Å². The van der Waals surface area contributed by atoms with Crippen LogP contribution in [0.25, 0.3) is 0 Å². The minimum atomic E-state index is 0.0796. The topological polar surface area (TPSA) is 61.4 Å². The van der Waals surface area contributed by atoms with Gasteiger partial charge in [-0.05, 0) is 39.2 Å². The first-order valence-electron chi connectivity index (χ1n) is 7.37. The van der Waals surface area contributed by atoms with Crippen molar-refractivity contribution >= 4 is 11.8 Å². The normalized spacial score (nSPS) is 29.1. The second-order valence-corrected chi connectivity index (χ2v) is 5.71. The predicted octanol–water partition coefficient (Wildman–Crippen LogP) is 0.359. The van der Waals surface area contributed by atoms with Crippen LogP contribution in [0.5, 0.6) is 0 Å². The van der Waals surface area contributed by atoms with Crippen LogP contribution in [0, 0.1) is 11.8 Å². The van der Waals surface area contributed by atoms with E-state index in [4.69, 9.17) is 0 Å². The maximum absolute atomic E-state index is 12.5. The van der Waals surface area contributed by atoms with Crippen LogP contribution in [0.15, 0.2) is 0 Å². The molecule has 0 aliphatic carbocycles. The van der Waals surface area contributed by atoms with Crippen LogP contribution < -0.4 is 10.6 Å². The average Bonchev–Trinajstić information content (AvgIpc) is 2.46. The van der Waals surface area contributed by atoms with E-state index < -0.39 is 0 Å². The molecule has 108 valence electrons. The highest BCUT2D eigenvalue weighted by atomic mass is 16.2. The molecular weight excluding hydrogens is 242 g/mol. The average molecular weight is 267 g/mol. The minimum Gasteiger partial charge on any atom is -0.359 e. The summed E-state index contributed by atoms with van der Waals surface area (Å²) in [6.45, 7) is 4.56. The number of carbonyl (C=O) groups is 2. The lowest BCUT2D eigenvalue weighted by Gasteiger charge is -2.37. The maximum Gasteiger partial charge on any atom is 0.227 e. The van der Waals surface area contributed by atoms with Crippen LogP contribution in [-0.2, 0) is 9.59 Å². The van der Waals surface area contributed by atoms with Crippen molar-refractivity contribution < 1.29 is 9.59 Å². The van der Waals surface area contributed by atoms with Crippen molar-refractivity contribution in [1.29, 1.82) is 0 Å². The SMILES string of the molecule is CNC(=O)C1CCN(C(=O)C2CCCNC2C)CC1. The molecule has 0 aromatic carbocycles. The molecule has 2 unspecified atom stereocenters. The zero-order valence-electron chi connectivity index (χ0n) is 11.9. The third-order valence-electron chi connectivity index (χ3n) is 4.50. The Kier molecular flexibility index (Phi) is 4.80. The van der Waals surface area contributed by atoms with Gasteiger partial charge in [-0.3, -0.25) is 9.59 Å². The fourth-order valence-electron chi connectivity index (χ4n) is 3.18. The highest BCUT2D eigenvalue weighted by Gasteiger charge is 2.33. The Balaban J connectivity index is 1.86. The molecule has 2 N–H and O–H groups in total. The Morgan fingerprint density at radius 1 is 1.21 bits per heavy atom. The number of hydrogen-bond acceptors (Lipinski definition) is 3. The summed E-state index contributed by atoms with van der Waals surface area (Å²) in [4.78, 5) is 26.0. The predicted molar refractivity (Wildman–Crippen MR) is 73.6 cm³/mol. The van der Waals surface area contributed by atoms with Gasteiger partial charge < -0.3 is 15.5 Å². The van der Waals surface area contributed by atoms with Gasteiger partial charge in [0.15, 0.2) is 0 Å². The number of carbonyl (C=O) groups excluding carboxylic acids is 2. The number of hydrogen-bond donors (Lipinski definition) is 2. The maximum atomic E-state index is 12.5. The molecule has 0 spiro atoms. The van der Waals surface area contributed by atoms with E-state index in [1.807, 2.05) is 4.90 Å². The minimum absolute atomic E-state index is 0.0796. The quantitative estimate of drug-likeness (QED) is 0.759. The first-order chi connectivity index (χ1) is 9.13. The summed E-state index contributed by atoms with van der Waals surface area (Å²) >= 11 is 0. The largest absolute Gasteiger partial charge is 0.359 e. The van der Waals surface area contributed by atoms with E-state index in [0.29, 0.717) is 0 Å². The second kappa shape index (κ2) is 6.37. The lowest BCUT2D eigenvalue weighted by Crippen LogP contribution is -2.50. The van der Waals surface area contributed by atoms with Gasteiger partial charge in [0, 0.05) is 32.1 Å². The van der Waals surface area contributed by atoms with Crippen molar-refractivity contribution in [3.8, 4) is 0 Å². The molecule has 0 aromatic rings. The zero-order chi connectivity index (χ0) is 13.8. The lowest BCUT2D eigenvalue weighted by atomic mass is 9.89. The molecule has 2 rings (SSSR count). The van der Waals surface area contributed by atoms with Crippen molar-refractivity contribution in [1.82, 2.24) is 15.5 Å². The molecule has 2 heterocycles. The number of nitrogens with zero attached hydrogens (tertiary/aromatic N) is 1. The Morgan fingerprint density at radius 3 is 2.47 bits per heavy atom. The molecule has 2 aliphatic rings. The number of amides is 2. The Labute approximate surface area is 115 Å². The highest BCUT2D eigenvalue weighted by molar-refractivity contribution is 5.81. The Bertz CT molecular complexity index is 338. The van der Waals surface area contributed by atoms with Gasteiger partial charge >= 0.3 is 0 Å². The van der Waals surface area contributed by atoms with Crippen molar-refractivity contribution in [3.05, 3.63) is 0 Å². The molecular formula is C14H25N3O2. The van der Waals surface area contributed by atoms with Crippen LogP contribution in [0.1, 0.15) is 32.6 Å². The van der Waals surface area contributed by atoms with Gasteiger partial charge in [0.2, 0.25) is 11.8 Å². The van der Waals surface area contributed by atoms with E-state index in [1.54, 1.807) is 7.05 Å². The van der Waals surface area contributed by atoms with E-state index >= 15 is 0 Å². The first-order valence-corrected chi connectivity index (χ1v) is 7.37. The molecule has 5 heteroatoms. The molecule has 2 fully saturated rings. The summed E-state index contributed by atoms with van der Waals surface area (Å²) < 4.78 is 0. The summed E-state index contributed by atoms with van der Waals surface area (Å²) in [7, 11) is 1.68. The van der Waals surface area contributed by atoms with Crippen LogP contribution >= 0.6 is 0 Å². The first kappa shape index (κ1) is 14.3. The molecule has 0 saturated carbocycles. The number of likely N-dealkylation sites (tertiary alicyclic amines) is 1. The molecule has 0 bridgehead atoms. The monoisotopic (exact) mass is 267 g/mol. The van der Waals surface area contributed by atoms with Crippen LogP contribution in [-0.4, -0.2) is 49.4 Å². The van der Waals surface area contributed by atoms with Gasteiger partial charge in [-0.1, -0.05) is 0 Å². The second-order valence-electron chi connectivity index (χ2n) is 5.71. The van der Waals surface area contributed by atoms with Crippen molar-refractivity contribution in [2.24, 2.45) is 11.8 Å². The van der Waals surface area contributed by atoms with E-state index in [9.17, 15) is 9.59 Å². The summed E-state index contributed by atoms with van der Waals surface area (Å²) in [6.07, 6.45) is 3.65. The summed E-state index contributed by atoms with van der Waals surface area (Å²) in [6, 6.07) is 0.276. The van der Waals surface area contributed by atoms with Gasteiger partial charge in [0.05, 0.1) is 5.92 Å². The molecule has 0 aromatic heterocycles. The third kappa shape index (κ3) is 3.26. The van der Waals surface area contributed by atoms with E-state index in [0.717, 1.165) is 45.3 Å². The van der Waals surface area contributed by atoms with Crippen molar-refractivity contribution in [3.63, 3.8) is 0 Å². The van der Waals surface area contributed by atoms with Gasteiger partial charge in [-0.15, -0.1) is 0 Å². The standard InChI is InChI=1S/C14H25N3O2/c1-10-12(4-3-7-16-10)14(19)17-8-5-11(6-9-17)13(18)15-2/h10-12,16H,3-9H2,1-2H3,(H,15,18). The number of nitrogens with one attached hydrogen (secondary N) is 2. The summed E-state index contributed by atoms with van der Waals surface area (Å²) in [5.41, 5.74) is 0. The fourth-order valence-corrected chi connectivity index (χ4v) is 3.18. The Morgan fingerprint density at radius 2 is 1.89 bits per heavy atom. The van der Waals surface area contributed by atoms with Gasteiger partial charge in [-0.25, -0.2) is 0 Å². The molecule has 2 amide bonds. The molecule has 19 heavy (non-hydrogen) atoms. The van der Waals surface area contributed by atoms with Gasteiger partial charge in [0.1, 0.15) is 0 Å². The lowest BCUT2D eigenvalue weighted by molar-refractivity contribution is -0.140. The fraction of sp³-hybridized carbons (Fsp3) is 0.857. The van der Waals surface area contributed by atoms with E-state index in [2.05, 4.69) is 17.6 Å². The summed E-state index contributed by atoms with van der Waals surface area (Å²) in [5.74, 6) is 0.580. The number of rotatable bonds is 2. The Hall–Kier alpha value is -1.10. The number of piperidine rings is 2. The van der Waals surface area contributed by atoms with E-state index in [1.165, 1.54) is 0 Å².